The fourth-order valence-electron chi connectivity index (χ4n) is 0.135. The van der Waals surface area contributed by atoms with Gasteiger partial charge in [-0.15, -0.1) is 5.16 Å². The first-order valence-electron chi connectivity index (χ1n) is 1.82. The first-order chi connectivity index (χ1) is 3.31. The van der Waals surface area contributed by atoms with Gasteiger partial charge in [-0.1, -0.05) is 0 Å². The molecule has 0 spiro atoms. The summed E-state index contributed by atoms with van der Waals surface area (Å²) < 4.78 is 0. The minimum atomic E-state index is -0.475. The maximum Gasteiger partial charge on any atom is 0.209 e. The highest BCUT2D eigenvalue weighted by Crippen LogP contribution is 1.84. The van der Waals surface area contributed by atoms with Crippen LogP contribution in [0, 0.1) is 11.3 Å². The number of oxime groups is 1. The molecule has 1 unspecified atom stereocenters. The fraction of sp³-hybridized carbons (Fsp3) is 0.500. The Morgan fingerprint density at radius 2 is 2.57 bits per heavy atom. The van der Waals surface area contributed by atoms with E-state index in [9.17, 15) is 0 Å². The van der Waals surface area contributed by atoms with E-state index < -0.39 is 6.10 Å². The van der Waals surface area contributed by atoms with Crippen molar-refractivity contribution in [2.75, 3.05) is 0 Å². The maximum absolute atomic E-state index is 8.00. The van der Waals surface area contributed by atoms with Crippen LogP contribution in [0.3, 0.4) is 0 Å². The molecular formula is C4H6N2O. The van der Waals surface area contributed by atoms with Crippen LogP contribution in [-0.4, -0.2) is 12.8 Å². The van der Waals surface area contributed by atoms with Crippen molar-refractivity contribution in [2.45, 2.75) is 13.0 Å². The van der Waals surface area contributed by atoms with E-state index in [1.807, 2.05) is 6.07 Å². The van der Waals surface area contributed by atoms with Crippen molar-refractivity contribution >= 4 is 6.72 Å². The average molecular weight is 98.1 g/mol. The van der Waals surface area contributed by atoms with Gasteiger partial charge in [-0.3, -0.25) is 0 Å². The van der Waals surface area contributed by atoms with E-state index in [-0.39, 0.29) is 0 Å². The second-order valence-corrected chi connectivity index (χ2v) is 1.01. The molecule has 0 amide bonds. The molecule has 0 N–H and O–H groups in total. The number of nitrogens with zero attached hydrogens (tertiary/aromatic N) is 2. The smallest absolute Gasteiger partial charge is 0.209 e. The Morgan fingerprint density at radius 1 is 2.00 bits per heavy atom. The van der Waals surface area contributed by atoms with E-state index >= 15 is 0 Å². The van der Waals surface area contributed by atoms with E-state index in [1.165, 1.54) is 0 Å². The second-order valence-electron chi connectivity index (χ2n) is 1.01. The van der Waals surface area contributed by atoms with Crippen LogP contribution in [0.4, 0.5) is 0 Å². The molecule has 0 saturated heterocycles. The van der Waals surface area contributed by atoms with Crippen LogP contribution < -0.4 is 0 Å². The zero-order chi connectivity index (χ0) is 5.70. The van der Waals surface area contributed by atoms with Crippen molar-refractivity contribution in [3.05, 3.63) is 0 Å². The summed E-state index contributed by atoms with van der Waals surface area (Å²) in [6, 6.07) is 1.81. The van der Waals surface area contributed by atoms with Gasteiger partial charge in [0.05, 0.1) is 0 Å². The topological polar surface area (TPSA) is 45.4 Å². The van der Waals surface area contributed by atoms with Crippen LogP contribution in [0.1, 0.15) is 6.92 Å². The summed E-state index contributed by atoms with van der Waals surface area (Å²) in [5.74, 6) is 0. The standard InChI is InChI=1S/C4H6N2O/c1-4(3-5)7-6-2/h4H,2H2,1H3. The molecule has 3 heteroatoms. The van der Waals surface area contributed by atoms with Crippen LogP contribution in [-0.2, 0) is 4.84 Å². The number of rotatable bonds is 2. The number of hydrogen-bond acceptors (Lipinski definition) is 3. The Hall–Kier alpha value is -1.04. The highest BCUT2D eigenvalue weighted by atomic mass is 16.6. The number of nitriles is 1. The molecule has 0 fully saturated rings. The average Bonchev–Trinajstić information content (AvgIpc) is 1.68. The maximum atomic E-state index is 8.00. The molecule has 0 aliphatic carbocycles. The van der Waals surface area contributed by atoms with Crippen LogP contribution in [0.2, 0.25) is 0 Å². The highest BCUT2D eigenvalue weighted by molar-refractivity contribution is 5.21. The number of hydrogen-bond donors (Lipinski definition) is 0. The van der Waals surface area contributed by atoms with E-state index in [1.54, 1.807) is 6.92 Å². The van der Waals surface area contributed by atoms with Crippen molar-refractivity contribution in [3.8, 4) is 6.07 Å². The lowest BCUT2D eigenvalue weighted by atomic mass is 10.5. The van der Waals surface area contributed by atoms with Crippen LogP contribution in [0.25, 0.3) is 0 Å². The molecule has 7 heavy (non-hydrogen) atoms. The lowest BCUT2D eigenvalue weighted by Gasteiger charge is -1.93. The van der Waals surface area contributed by atoms with Gasteiger partial charge in [0.2, 0.25) is 6.10 Å². The molecule has 0 rings (SSSR count). The lowest BCUT2D eigenvalue weighted by Crippen LogP contribution is -1.97. The van der Waals surface area contributed by atoms with Crippen molar-refractivity contribution in [1.82, 2.24) is 0 Å². The van der Waals surface area contributed by atoms with Crippen molar-refractivity contribution < 1.29 is 4.84 Å². The minimum Gasteiger partial charge on any atom is -0.378 e. The molecule has 0 aromatic heterocycles. The Morgan fingerprint density at radius 3 is 2.71 bits per heavy atom. The Labute approximate surface area is 42.2 Å². The molecule has 0 aliphatic rings. The molecule has 0 radical (unpaired) electrons. The van der Waals surface area contributed by atoms with Crippen LogP contribution in [0.15, 0.2) is 5.16 Å². The highest BCUT2D eigenvalue weighted by Gasteiger charge is 1.92. The molecule has 0 bridgehead atoms. The lowest BCUT2D eigenvalue weighted by molar-refractivity contribution is 0.113. The van der Waals surface area contributed by atoms with Gasteiger partial charge in [0, 0.05) is 6.72 Å². The van der Waals surface area contributed by atoms with Crippen molar-refractivity contribution in [2.24, 2.45) is 5.16 Å². The zero-order valence-corrected chi connectivity index (χ0v) is 4.09. The van der Waals surface area contributed by atoms with Gasteiger partial charge in [0.25, 0.3) is 0 Å². The quantitative estimate of drug-likeness (QED) is 0.373. The third-order valence-electron chi connectivity index (χ3n) is 0.414. The van der Waals surface area contributed by atoms with Crippen molar-refractivity contribution in [1.29, 1.82) is 5.26 Å². The summed E-state index contributed by atoms with van der Waals surface area (Å²) in [7, 11) is 0. The molecule has 0 saturated carbocycles. The van der Waals surface area contributed by atoms with E-state index in [0.29, 0.717) is 0 Å². The predicted octanol–water partition coefficient (Wildman–Crippen LogP) is 0.531. The third-order valence-corrected chi connectivity index (χ3v) is 0.414. The minimum absolute atomic E-state index is 0.475. The second kappa shape index (κ2) is 3.16. The van der Waals surface area contributed by atoms with E-state index in [0.717, 1.165) is 0 Å². The van der Waals surface area contributed by atoms with Gasteiger partial charge < -0.3 is 4.84 Å². The Kier molecular flexibility index (Phi) is 2.69. The van der Waals surface area contributed by atoms with Gasteiger partial charge in [-0.05, 0) is 6.92 Å². The van der Waals surface area contributed by atoms with Gasteiger partial charge in [0.15, 0.2) is 0 Å². The summed E-state index contributed by atoms with van der Waals surface area (Å²) in [6.45, 7) is 4.62. The summed E-state index contributed by atoms with van der Waals surface area (Å²) in [4.78, 5) is 4.34. The molecule has 0 aromatic carbocycles. The van der Waals surface area contributed by atoms with Gasteiger partial charge in [0.1, 0.15) is 6.07 Å². The summed E-state index contributed by atoms with van der Waals surface area (Å²) in [5.41, 5.74) is 0. The zero-order valence-electron chi connectivity index (χ0n) is 4.09. The molecule has 0 heterocycles. The predicted molar refractivity (Wildman–Crippen MR) is 25.7 cm³/mol. The van der Waals surface area contributed by atoms with E-state index in [2.05, 4.69) is 16.7 Å². The molecule has 0 aromatic rings. The summed E-state index contributed by atoms with van der Waals surface area (Å²) in [5, 5.41) is 11.0. The molecule has 38 valence electrons. The van der Waals surface area contributed by atoms with Gasteiger partial charge in [-0.25, -0.2) is 0 Å². The van der Waals surface area contributed by atoms with Gasteiger partial charge in [-0.2, -0.15) is 5.26 Å². The molecular weight excluding hydrogens is 92.1 g/mol. The Bertz CT molecular complexity index is 94.4. The third kappa shape index (κ3) is 2.77. The summed E-state index contributed by atoms with van der Waals surface area (Å²) >= 11 is 0. The van der Waals surface area contributed by atoms with Crippen molar-refractivity contribution in [3.63, 3.8) is 0 Å². The molecule has 0 aliphatic heterocycles. The first kappa shape index (κ1) is 5.96. The van der Waals surface area contributed by atoms with Crippen LogP contribution >= 0.6 is 0 Å². The fourth-order valence-corrected chi connectivity index (χ4v) is 0.135. The normalized spacial score (nSPS) is 11.4. The summed E-state index contributed by atoms with van der Waals surface area (Å²) in [6.07, 6.45) is -0.475. The Balaban J connectivity index is 3.21. The SMILES string of the molecule is C=NOC(C)C#N. The van der Waals surface area contributed by atoms with Crippen LogP contribution in [0.5, 0.6) is 0 Å². The monoisotopic (exact) mass is 98.0 g/mol. The van der Waals surface area contributed by atoms with E-state index in [4.69, 9.17) is 5.26 Å². The van der Waals surface area contributed by atoms with Gasteiger partial charge >= 0.3 is 0 Å². The largest absolute Gasteiger partial charge is 0.378 e. The first-order valence-corrected chi connectivity index (χ1v) is 1.82. The molecule has 3 nitrogen and oxygen atoms in total. The molecule has 1 atom stereocenters.